The molecule has 1 saturated heterocycles. The number of imidazole rings is 1. The van der Waals surface area contributed by atoms with Gasteiger partial charge in [0.05, 0.1) is 0 Å². The molecule has 7 nitrogen and oxygen atoms in total. The second-order valence-corrected chi connectivity index (χ2v) is 7.91. The van der Waals surface area contributed by atoms with Crippen molar-refractivity contribution in [2.45, 2.75) is 45.1 Å². The van der Waals surface area contributed by atoms with E-state index in [2.05, 4.69) is 20.2 Å². The number of carbonyl (C=O) groups excluding carboxylic acids is 1. The van der Waals surface area contributed by atoms with Crippen LogP contribution >= 0.6 is 0 Å². The van der Waals surface area contributed by atoms with Crippen LogP contribution in [0.25, 0.3) is 5.95 Å². The van der Waals surface area contributed by atoms with Crippen LogP contribution < -0.4 is 10.2 Å². The first kappa shape index (κ1) is 21.0. The third-order valence-corrected chi connectivity index (χ3v) is 5.53. The number of amides is 1. The number of carbonyl (C=O) groups is 1. The van der Waals surface area contributed by atoms with Gasteiger partial charge in [-0.25, -0.2) is 14.4 Å². The van der Waals surface area contributed by atoms with Crippen LogP contribution in [0.15, 0.2) is 49.1 Å². The summed E-state index contributed by atoms with van der Waals surface area (Å²) in [5, 5.41) is 2.98. The van der Waals surface area contributed by atoms with E-state index in [1.165, 1.54) is 12.1 Å². The molecule has 4 rings (SSSR count). The van der Waals surface area contributed by atoms with Gasteiger partial charge in [-0.15, -0.1) is 0 Å². The number of hydrogen-bond acceptors (Lipinski definition) is 5. The van der Waals surface area contributed by atoms with Crippen LogP contribution in [0.5, 0.6) is 0 Å². The molecule has 0 bridgehead atoms. The van der Waals surface area contributed by atoms with Crippen LogP contribution in [0, 0.1) is 12.7 Å². The third kappa shape index (κ3) is 5.45. The Kier molecular flexibility index (Phi) is 6.54. The lowest BCUT2D eigenvalue weighted by molar-refractivity contribution is -0.121. The predicted octanol–water partition coefficient (Wildman–Crippen LogP) is 3.22. The van der Waals surface area contributed by atoms with Crippen molar-refractivity contribution >= 4 is 11.7 Å². The minimum absolute atomic E-state index is 0.00825. The molecule has 1 N–H and O–H groups in total. The van der Waals surface area contributed by atoms with Gasteiger partial charge in [0.25, 0.3) is 0 Å². The van der Waals surface area contributed by atoms with Gasteiger partial charge in [0.1, 0.15) is 18.0 Å². The quantitative estimate of drug-likeness (QED) is 0.633. The Morgan fingerprint density at radius 2 is 2.16 bits per heavy atom. The normalized spacial score (nSPS) is 16.3. The van der Waals surface area contributed by atoms with E-state index < -0.39 is 0 Å². The van der Waals surface area contributed by atoms with Gasteiger partial charge in [-0.2, -0.15) is 4.98 Å². The summed E-state index contributed by atoms with van der Waals surface area (Å²) >= 11 is 0. The van der Waals surface area contributed by atoms with Crippen LogP contribution in [0.4, 0.5) is 10.2 Å². The maximum Gasteiger partial charge on any atom is 0.237 e. The SMILES string of the molecule is Cc1cc(N2CCCCC2CC(=O)NCCc2cccc(F)c2)nc(-n2ccnc2)n1. The van der Waals surface area contributed by atoms with Gasteiger partial charge < -0.3 is 10.2 Å². The van der Waals surface area contributed by atoms with Crippen molar-refractivity contribution in [3.63, 3.8) is 0 Å². The number of nitrogens with zero attached hydrogens (tertiary/aromatic N) is 5. The Bertz CT molecular complexity index is 1020. The number of hydrogen-bond donors (Lipinski definition) is 1. The van der Waals surface area contributed by atoms with Gasteiger partial charge >= 0.3 is 0 Å². The van der Waals surface area contributed by atoms with E-state index >= 15 is 0 Å². The minimum Gasteiger partial charge on any atom is -0.356 e. The summed E-state index contributed by atoms with van der Waals surface area (Å²) < 4.78 is 15.1. The largest absolute Gasteiger partial charge is 0.356 e. The number of halogens is 1. The number of nitrogens with one attached hydrogen (secondary N) is 1. The number of aryl methyl sites for hydroxylation is 1. The molecule has 3 heterocycles. The highest BCUT2D eigenvalue weighted by Gasteiger charge is 2.26. The summed E-state index contributed by atoms with van der Waals surface area (Å²) in [6, 6.07) is 8.55. The topological polar surface area (TPSA) is 75.9 Å². The van der Waals surface area contributed by atoms with E-state index in [0.29, 0.717) is 25.3 Å². The molecular formula is C23H27FN6O. The highest BCUT2D eigenvalue weighted by molar-refractivity contribution is 5.77. The first-order chi connectivity index (χ1) is 15.1. The summed E-state index contributed by atoms with van der Waals surface area (Å²) in [5.74, 6) is 1.18. The second-order valence-electron chi connectivity index (χ2n) is 7.91. The molecule has 3 aromatic rings. The number of aromatic nitrogens is 4. The first-order valence-corrected chi connectivity index (χ1v) is 10.7. The number of anilines is 1. The Morgan fingerprint density at radius 3 is 2.97 bits per heavy atom. The van der Waals surface area contributed by atoms with Gasteiger partial charge in [-0.1, -0.05) is 12.1 Å². The van der Waals surface area contributed by atoms with E-state index in [-0.39, 0.29) is 17.8 Å². The van der Waals surface area contributed by atoms with E-state index in [0.717, 1.165) is 42.9 Å². The molecule has 162 valence electrons. The molecule has 1 aliphatic heterocycles. The van der Waals surface area contributed by atoms with Crippen LogP contribution in [0.1, 0.15) is 36.9 Å². The molecule has 31 heavy (non-hydrogen) atoms. The fourth-order valence-electron chi connectivity index (χ4n) is 4.02. The van der Waals surface area contributed by atoms with Crippen molar-refractivity contribution in [1.29, 1.82) is 0 Å². The molecule has 0 radical (unpaired) electrons. The molecule has 1 aromatic carbocycles. The van der Waals surface area contributed by atoms with Crippen LogP contribution in [-0.4, -0.2) is 44.6 Å². The van der Waals surface area contributed by atoms with Crippen molar-refractivity contribution < 1.29 is 9.18 Å². The molecule has 8 heteroatoms. The summed E-state index contributed by atoms with van der Waals surface area (Å²) in [5.41, 5.74) is 1.75. The van der Waals surface area contributed by atoms with Gasteiger partial charge in [0.15, 0.2) is 0 Å². The van der Waals surface area contributed by atoms with Gasteiger partial charge in [0.2, 0.25) is 11.9 Å². The predicted molar refractivity (Wildman–Crippen MR) is 117 cm³/mol. The third-order valence-electron chi connectivity index (χ3n) is 5.53. The van der Waals surface area contributed by atoms with Crippen molar-refractivity contribution in [2.75, 3.05) is 18.0 Å². The van der Waals surface area contributed by atoms with E-state index in [1.807, 2.05) is 25.3 Å². The Labute approximate surface area is 181 Å². The molecule has 1 unspecified atom stereocenters. The monoisotopic (exact) mass is 422 g/mol. The smallest absolute Gasteiger partial charge is 0.237 e. The number of benzene rings is 1. The molecule has 0 spiro atoms. The summed E-state index contributed by atoms with van der Waals surface area (Å²) in [7, 11) is 0. The minimum atomic E-state index is -0.253. The van der Waals surface area contributed by atoms with Crippen molar-refractivity contribution in [3.8, 4) is 5.95 Å². The molecule has 1 atom stereocenters. The molecule has 2 aromatic heterocycles. The standard InChI is InChI=1S/C23H27FN6O/c1-17-13-21(28-23(27-17)29-12-10-25-16-29)30-11-3-2-7-20(30)15-22(31)26-9-8-18-5-4-6-19(24)14-18/h4-6,10,12-14,16,20H,2-3,7-9,11,15H2,1H3,(H,26,31). The molecular weight excluding hydrogens is 395 g/mol. The number of rotatable bonds is 7. The van der Waals surface area contributed by atoms with Gasteiger partial charge in [0, 0.05) is 49.7 Å². The Morgan fingerprint density at radius 1 is 1.26 bits per heavy atom. The number of piperidine rings is 1. The van der Waals surface area contributed by atoms with Crippen LogP contribution in [0.2, 0.25) is 0 Å². The molecule has 0 aliphatic carbocycles. The molecule has 1 fully saturated rings. The van der Waals surface area contributed by atoms with Crippen molar-refractivity contribution in [2.24, 2.45) is 0 Å². The van der Waals surface area contributed by atoms with Crippen molar-refractivity contribution in [3.05, 3.63) is 66.1 Å². The first-order valence-electron chi connectivity index (χ1n) is 10.7. The van der Waals surface area contributed by atoms with Crippen LogP contribution in [-0.2, 0) is 11.2 Å². The fourth-order valence-corrected chi connectivity index (χ4v) is 4.02. The van der Waals surface area contributed by atoms with Gasteiger partial charge in [-0.3, -0.25) is 9.36 Å². The summed E-state index contributed by atoms with van der Waals surface area (Å²) in [6.45, 7) is 3.30. The lowest BCUT2D eigenvalue weighted by Gasteiger charge is -2.36. The molecule has 1 amide bonds. The van der Waals surface area contributed by atoms with Crippen LogP contribution in [0.3, 0.4) is 0 Å². The average molecular weight is 423 g/mol. The van der Waals surface area contributed by atoms with E-state index in [4.69, 9.17) is 4.98 Å². The molecule has 0 saturated carbocycles. The zero-order chi connectivity index (χ0) is 21.6. The summed E-state index contributed by atoms with van der Waals surface area (Å²) in [6.07, 6.45) is 9.32. The highest BCUT2D eigenvalue weighted by atomic mass is 19.1. The van der Waals surface area contributed by atoms with E-state index in [9.17, 15) is 9.18 Å². The summed E-state index contributed by atoms with van der Waals surface area (Å²) in [4.78, 5) is 28.2. The second kappa shape index (κ2) is 9.68. The fraction of sp³-hybridized carbons (Fsp3) is 0.391. The lowest BCUT2D eigenvalue weighted by Crippen LogP contribution is -2.43. The van der Waals surface area contributed by atoms with Gasteiger partial charge in [-0.05, 0) is 50.3 Å². The Hall–Kier alpha value is -3.29. The lowest BCUT2D eigenvalue weighted by atomic mass is 9.99. The highest BCUT2D eigenvalue weighted by Crippen LogP contribution is 2.26. The van der Waals surface area contributed by atoms with Crippen molar-refractivity contribution in [1.82, 2.24) is 24.8 Å². The Balaban J connectivity index is 1.40. The zero-order valence-electron chi connectivity index (χ0n) is 17.7. The zero-order valence-corrected chi connectivity index (χ0v) is 17.7. The molecule has 1 aliphatic rings. The average Bonchev–Trinajstić information content (AvgIpc) is 3.29. The maximum absolute atomic E-state index is 13.3. The maximum atomic E-state index is 13.3. The van der Waals surface area contributed by atoms with E-state index in [1.54, 1.807) is 23.2 Å².